The lowest BCUT2D eigenvalue weighted by atomic mass is 10.3. The molecule has 1 rings (SSSR count). The number of aromatic hydroxyl groups is 1. The Balaban J connectivity index is 3.46. The zero-order valence-corrected chi connectivity index (χ0v) is 6.55. The van der Waals surface area contributed by atoms with Gasteiger partial charge in [-0.05, 0) is 6.07 Å². The predicted molar refractivity (Wildman–Crippen MR) is 38.0 cm³/mol. The van der Waals surface area contributed by atoms with E-state index in [4.69, 9.17) is 28.3 Å². The van der Waals surface area contributed by atoms with Gasteiger partial charge < -0.3 is 5.11 Å². The molecule has 0 saturated carbocycles. The average molecular weight is 199 g/mol. The molecule has 0 aliphatic rings. The van der Waals surface area contributed by atoms with Crippen molar-refractivity contribution in [2.75, 3.05) is 0 Å². The van der Waals surface area contributed by atoms with E-state index in [1.165, 1.54) is 0 Å². The summed E-state index contributed by atoms with van der Waals surface area (Å²) in [5.41, 5.74) is 0. The minimum Gasteiger partial charge on any atom is -0.503 e. The highest BCUT2D eigenvalue weighted by atomic mass is 35.5. The van der Waals surface area contributed by atoms with Gasteiger partial charge in [-0.15, -0.1) is 0 Å². The van der Waals surface area contributed by atoms with Crippen molar-refractivity contribution in [3.05, 3.63) is 27.7 Å². The Morgan fingerprint density at radius 1 is 1.09 bits per heavy atom. The van der Waals surface area contributed by atoms with Crippen LogP contribution >= 0.6 is 23.2 Å². The Morgan fingerprint density at radius 2 is 1.45 bits per heavy atom. The number of hydrogen-bond donors (Lipinski definition) is 1. The van der Waals surface area contributed by atoms with Gasteiger partial charge in [-0.25, -0.2) is 8.78 Å². The van der Waals surface area contributed by atoms with Crippen LogP contribution in [0.5, 0.6) is 5.75 Å². The maximum Gasteiger partial charge on any atom is 0.190 e. The summed E-state index contributed by atoms with van der Waals surface area (Å²) < 4.78 is 25.0. The van der Waals surface area contributed by atoms with Crippen molar-refractivity contribution >= 4 is 23.2 Å². The molecule has 1 nitrogen and oxygen atoms in total. The molecule has 1 N–H and O–H groups in total. The molecule has 0 amide bonds. The van der Waals surface area contributed by atoms with Gasteiger partial charge in [0.15, 0.2) is 17.4 Å². The van der Waals surface area contributed by atoms with E-state index in [-0.39, 0.29) is 0 Å². The van der Waals surface area contributed by atoms with E-state index >= 15 is 0 Å². The number of halogens is 4. The maximum absolute atomic E-state index is 12.5. The number of rotatable bonds is 0. The Kier molecular flexibility index (Phi) is 2.20. The van der Waals surface area contributed by atoms with Gasteiger partial charge in [0.05, 0.1) is 10.0 Å². The molecule has 0 aliphatic heterocycles. The molecule has 0 bridgehead atoms. The second-order valence-corrected chi connectivity index (χ2v) is 2.63. The van der Waals surface area contributed by atoms with Crippen molar-refractivity contribution in [2.24, 2.45) is 0 Å². The molecule has 0 unspecified atom stereocenters. The third kappa shape index (κ3) is 1.39. The van der Waals surface area contributed by atoms with Crippen molar-refractivity contribution in [1.82, 2.24) is 0 Å². The first-order chi connectivity index (χ1) is 5.04. The molecular formula is C6H2Cl2F2O. The van der Waals surface area contributed by atoms with Crippen LogP contribution in [0.15, 0.2) is 6.07 Å². The quantitative estimate of drug-likeness (QED) is 0.636. The smallest absolute Gasteiger partial charge is 0.190 e. The van der Waals surface area contributed by atoms with E-state index in [1.54, 1.807) is 0 Å². The van der Waals surface area contributed by atoms with Crippen molar-refractivity contribution < 1.29 is 13.9 Å². The molecule has 0 aliphatic carbocycles. The van der Waals surface area contributed by atoms with Gasteiger partial charge in [0, 0.05) is 0 Å². The normalized spacial score (nSPS) is 10.2. The van der Waals surface area contributed by atoms with E-state index in [2.05, 4.69) is 0 Å². The summed E-state index contributed by atoms with van der Waals surface area (Å²) >= 11 is 10.4. The molecule has 0 saturated heterocycles. The standard InChI is InChI=1S/C6H2Cl2F2O/c7-2-1-3(8)5(10)6(11)4(2)9/h1,11H. The molecule has 0 heterocycles. The van der Waals surface area contributed by atoms with E-state index in [9.17, 15) is 8.78 Å². The monoisotopic (exact) mass is 198 g/mol. The first kappa shape index (κ1) is 8.56. The van der Waals surface area contributed by atoms with E-state index in [0.717, 1.165) is 6.07 Å². The molecule has 1 aromatic carbocycles. The van der Waals surface area contributed by atoms with E-state index in [0.29, 0.717) is 0 Å². The van der Waals surface area contributed by atoms with Crippen LogP contribution in [0.4, 0.5) is 8.78 Å². The summed E-state index contributed by atoms with van der Waals surface area (Å²) in [6, 6.07) is 0.882. The Bertz CT molecular complexity index is 275. The Labute approximate surface area is 71.2 Å². The molecule has 0 aromatic heterocycles. The summed E-state index contributed by atoms with van der Waals surface area (Å²) in [5.74, 6) is -3.55. The molecule has 1 aromatic rings. The van der Waals surface area contributed by atoms with Gasteiger partial charge >= 0.3 is 0 Å². The topological polar surface area (TPSA) is 20.2 Å². The highest BCUT2D eigenvalue weighted by molar-refractivity contribution is 6.35. The molecule has 0 atom stereocenters. The SMILES string of the molecule is Oc1c(F)c(Cl)cc(Cl)c1F. The minimum absolute atomic E-state index is 0.408. The fourth-order valence-corrected chi connectivity index (χ4v) is 1.01. The second-order valence-electron chi connectivity index (χ2n) is 1.82. The van der Waals surface area contributed by atoms with Gasteiger partial charge in [-0.1, -0.05) is 23.2 Å². The van der Waals surface area contributed by atoms with Gasteiger partial charge in [-0.3, -0.25) is 0 Å². The average Bonchev–Trinajstić information content (AvgIpc) is 1.97. The van der Waals surface area contributed by atoms with Crippen molar-refractivity contribution in [2.45, 2.75) is 0 Å². The first-order valence-corrected chi connectivity index (χ1v) is 3.31. The van der Waals surface area contributed by atoms with Crippen molar-refractivity contribution in [3.8, 4) is 5.75 Å². The highest BCUT2D eigenvalue weighted by Gasteiger charge is 2.14. The molecular weight excluding hydrogens is 197 g/mol. The number of phenolic OH excluding ortho intramolecular Hbond substituents is 1. The van der Waals surface area contributed by atoms with Gasteiger partial charge in [0.1, 0.15) is 0 Å². The zero-order valence-electron chi connectivity index (χ0n) is 5.04. The van der Waals surface area contributed by atoms with Crippen LogP contribution in [-0.4, -0.2) is 5.11 Å². The second kappa shape index (κ2) is 2.83. The minimum atomic E-state index is -1.20. The van der Waals surface area contributed by atoms with Gasteiger partial charge in [0.25, 0.3) is 0 Å². The van der Waals surface area contributed by atoms with Crippen molar-refractivity contribution in [3.63, 3.8) is 0 Å². The summed E-state index contributed by atoms with van der Waals surface area (Å²) in [6.07, 6.45) is 0. The lowest BCUT2D eigenvalue weighted by Gasteiger charge is -2.00. The summed E-state index contributed by atoms with van der Waals surface area (Å²) in [6.45, 7) is 0. The van der Waals surface area contributed by atoms with Crippen LogP contribution in [-0.2, 0) is 0 Å². The number of phenols is 1. The zero-order chi connectivity index (χ0) is 8.59. The van der Waals surface area contributed by atoms with Crippen LogP contribution in [0.1, 0.15) is 0 Å². The number of benzene rings is 1. The first-order valence-electron chi connectivity index (χ1n) is 2.56. The van der Waals surface area contributed by atoms with Gasteiger partial charge in [-0.2, -0.15) is 0 Å². The van der Waals surface area contributed by atoms with E-state index < -0.39 is 27.4 Å². The molecule has 0 radical (unpaired) electrons. The van der Waals surface area contributed by atoms with Crippen LogP contribution < -0.4 is 0 Å². The van der Waals surface area contributed by atoms with Crippen LogP contribution in [0.3, 0.4) is 0 Å². The third-order valence-corrected chi connectivity index (χ3v) is 1.64. The molecule has 5 heteroatoms. The van der Waals surface area contributed by atoms with Crippen molar-refractivity contribution in [1.29, 1.82) is 0 Å². The van der Waals surface area contributed by atoms with E-state index in [1.807, 2.05) is 0 Å². The lowest BCUT2D eigenvalue weighted by Crippen LogP contribution is -1.85. The Morgan fingerprint density at radius 3 is 1.82 bits per heavy atom. The Hall–Kier alpha value is -0.540. The highest BCUT2D eigenvalue weighted by Crippen LogP contribution is 2.31. The fraction of sp³-hybridized carbons (Fsp3) is 0. The molecule has 11 heavy (non-hydrogen) atoms. The molecule has 0 spiro atoms. The predicted octanol–water partition coefficient (Wildman–Crippen LogP) is 2.98. The van der Waals surface area contributed by atoms with Gasteiger partial charge in [0.2, 0.25) is 0 Å². The maximum atomic E-state index is 12.5. The lowest BCUT2D eigenvalue weighted by molar-refractivity contribution is 0.396. The summed E-state index contributed by atoms with van der Waals surface area (Å²) in [4.78, 5) is 0. The molecule has 0 fully saturated rings. The third-order valence-electron chi connectivity index (χ3n) is 1.09. The van der Waals surface area contributed by atoms with Crippen LogP contribution in [0.25, 0.3) is 0 Å². The summed E-state index contributed by atoms with van der Waals surface area (Å²) in [7, 11) is 0. The summed E-state index contributed by atoms with van der Waals surface area (Å²) in [5, 5.41) is 7.83. The molecule has 60 valence electrons. The largest absolute Gasteiger partial charge is 0.503 e. The van der Waals surface area contributed by atoms with Crippen LogP contribution in [0, 0.1) is 11.6 Å². The van der Waals surface area contributed by atoms with Crippen LogP contribution in [0.2, 0.25) is 10.0 Å². The number of hydrogen-bond acceptors (Lipinski definition) is 1. The fourth-order valence-electron chi connectivity index (χ4n) is 0.561.